The quantitative estimate of drug-likeness (QED) is 0.180. The standard InChI is InChI=1S/C48H28O2/c1-2-14-33-29(11-1)24-26-43-47(33)41-25-23-32(28-44(41)49-43)46-38-18-5-3-16-36(38)45(37-17-4-6-19-39(37)46)31-13-9-12-30(27-31)34-20-10-21-40-35-15-7-8-22-42(35)50-48(34)40/h1-28H. The number of fused-ring (bicyclic) bond motifs is 10. The normalized spacial score (nSPS) is 12.0. The van der Waals surface area contributed by atoms with E-state index in [-0.39, 0.29) is 0 Å². The van der Waals surface area contributed by atoms with Crippen LogP contribution in [-0.4, -0.2) is 0 Å². The third-order valence-corrected chi connectivity index (χ3v) is 10.4. The van der Waals surface area contributed by atoms with E-state index in [1.165, 1.54) is 54.4 Å². The van der Waals surface area contributed by atoms with Crippen LogP contribution in [0.1, 0.15) is 0 Å². The zero-order valence-electron chi connectivity index (χ0n) is 27.0. The molecular formula is C48H28O2. The molecule has 0 radical (unpaired) electrons. The fourth-order valence-corrected chi connectivity index (χ4v) is 8.27. The molecule has 2 nitrogen and oxygen atoms in total. The molecule has 0 amide bonds. The maximum absolute atomic E-state index is 6.54. The SMILES string of the molecule is c1cc(-c2c3ccccc3c(-c3ccc4c(c3)oc3ccc5ccccc5c34)c3ccccc23)cc(-c2cccc3c2oc2ccccc23)c1. The summed E-state index contributed by atoms with van der Waals surface area (Å²) in [5.74, 6) is 0. The van der Waals surface area contributed by atoms with Crippen molar-refractivity contribution in [2.75, 3.05) is 0 Å². The summed E-state index contributed by atoms with van der Waals surface area (Å²) >= 11 is 0. The van der Waals surface area contributed by atoms with Crippen molar-refractivity contribution < 1.29 is 8.83 Å². The van der Waals surface area contributed by atoms with E-state index in [2.05, 4.69) is 158 Å². The first-order valence-corrected chi connectivity index (χ1v) is 17.1. The molecule has 50 heavy (non-hydrogen) atoms. The van der Waals surface area contributed by atoms with Gasteiger partial charge in [-0.15, -0.1) is 0 Å². The Labute approximate surface area is 287 Å². The van der Waals surface area contributed by atoms with E-state index in [1.807, 2.05) is 12.1 Å². The Morgan fingerprint density at radius 3 is 1.66 bits per heavy atom. The highest BCUT2D eigenvalue weighted by Crippen LogP contribution is 2.46. The zero-order chi connectivity index (χ0) is 32.8. The molecule has 2 heteroatoms. The molecule has 0 saturated heterocycles. The molecule has 2 aromatic heterocycles. The van der Waals surface area contributed by atoms with Crippen LogP contribution in [0.15, 0.2) is 179 Å². The first-order valence-electron chi connectivity index (χ1n) is 17.1. The number of hydrogen-bond donors (Lipinski definition) is 0. The molecule has 0 fully saturated rings. The molecule has 2 heterocycles. The van der Waals surface area contributed by atoms with Crippen LogP contribution in [0.4, 0.5) is 0 Å². The second-order valence-electron chi connectivity index (χ2n) is 13.2. The summed E-state index contributed by atoms with van der Waals surface area (Å²) in [6.45, 7) is 0. The van der Waals surface area contributed by atoms with Crippen LogP contribution >= 0.6 is 0 Å². The van der Waals surface area contributed by atoms with Gasteiger partial charge in [0, 0.05) is 27.1 Å². The monoisotopic (exact) mass is 636 g/mol. The number of benzene rings is 9. The molecule has 232 valence electrons. The first-order chi connectivity index (χ1) is 24.8. The molecule has 11 aromatic rings. The van der Waals surface area contributed by atoms with E-state index in [0.29, 0.717) is 0 Å². The second kappa shape index (κ2) is 10.4. The number of rotatable bonds is 3. The predicted molar refractivity (Wildman–Crippen MR) is 210 cm³/mol. The van der Waals surface area contributed by atoms with Crippen molar-refractivity contribution in [3.63, 3.8) is 0 Å². The van der Waals surface area contributed by atoms with Crippen LogP contribution in [0.5, 0.6) is 0 Å². The summed E-state index contributed by atoms with van der Waals surface area (Å²) in [6, 6.07) is 60.8. The molecule has 0 atom stereocenters. The van der Waals surface area contributed by atoms with Gasteiger partial charge in [-0.1, -0.05) is 140 Å². The minimum Gasteiger partial charge on any atom is -0.456 e. The van der Waals surface area contributed by atoms with Crippen molar-refractivity contribution in [3.8, 4) is 33.4 Å². The first kappa shape index (κ1) is 27.3. The average molecular weight is 637 g/mol. The zero-order valence-corrected chi connectivity index (χ0v) is 27.0. The van der Waals surface area contributed by atoms with Crippen LogP contribution in [0.3, 0.4) is 0 Å². The summed E-state index contributed by atoms with van der Waals surface area (Å²) in [6.07, 6.45) is 0. The molecule has 0 aliphatic rings. The van der Waals surface area contributed by atoms with Gasteiger partial charge in [0.1, 0.15) is 22.3 Å². The van der Waals surface area contributed by atoms with Crippen molar-refractivity contribution >= 4 is 76.2 Å². The van der Waals surface area contributed by atoms with Crippen LogP contribution in [0.2, 0.25) is 0 Å². The minimum atomic E-state index is 0.901. The molecule has 11 rings (SSSR count). The Bertz CT molecular complexity index is 3100. The molecular weight excluding hydrogens is 609 g/mol. The second-order valence-corrected chi connectivity index (χ2v) is 13.2. The summed E-state index contributed by atoms with van der Waals surface area (Å²) in [5, 5.41) is 11.9. The van der Waals surface area contributed by atoms with Gasteiger partial charge in [-0.2, -0.15) is 0 Å². The van der Waals surface area contributed by atoms with Crippen molar-refractivity contribution in [2.45, 2.75) is 0 Å². The molecule has 0 spiro atoms. The summed E-state index contributed by atoms with van der Waals surface area (Å²) in [5.41, 5.74) is 10.6. The lowest BCUT2D eigenvalue weighted by molar-refractivity contribution is 0.669. The molecule has 0 aliphatic carbocycles. The number of hydrogen-bond acceptors (Lipinski definition) is 2. The Morgan fingerprint density at radius 1 is 0.300 bits per heavy atom. The smallest absolute Gasteiger partial charge is 0.143 e. The van der Waals surface area contributed by atoms with Gasteiger partial charge >= 0.3 is 0 Å². The van der Waals surface area contributed by atoms with Gasteiger partial charge in [0.2, 0.25) is 0 Å². The summed E-state index contributed by atoms with van der Waals surface area (Å²) < 4.78 is 13.0. The summed E-state index contributed by atoms with van der Waals surface area (Å²) in [4.78, 5) is 0. The Hall–Kier alpha value is -6.64. The maximum atomic E-state index is 6.54. The molecule has 0 N–H and O–H groups in total. The highest BCUT2D eigenvalue weighted by atomic mass is 16.3. The third kappa shape index (κ3) is 3.90. The van der Waals surface area contributed by atoms with Crippen molar-refractivity contribution in [2.24, 2.45) is 0 Å². The Morgan fingerprint density at radius 2 is 0.900 bits per heavy atom. The Kier molecular flexibility index (Phi) is 5.70. The van der Waals surface area contributed by atoms with Gasteiger partial charge in [0.15, 0.2) is 0 Å². The van der Waals surface area contributed by atoms with Crippen LogP contribution in [0.25, 0.3) is 110 Å². The molecule has 9 aromatic carbocycles. The van der Waals surface area contributed by atoms with E-state index >= 15 is 0 Å². The lowest BCUT2D eigenvalue weighted by atomic mass is 9.85. The van der Waals surface area contributed by atoms with E-state index in [9.17, 15) is 0 Å². The van der Waals surface area contributed by atoms with Crippen molar-refractivity contribution in [1.29, 1.82) is 0 Å². The molecule has 0 unspecified atom stereocenters. The highest BCUT2D eigenvalue weighted by molar-refractivity contribution is 6.23. The van der Waals surface area contributed by atoms with Gasteiger partial charge < -0.3 is 8.83 Å². The van der Waals surface area contributed by atoms with E-state index < -0.39 is 0 Å². The topological polar surface area (TPSA) is 26.3 Å². The minimum absolute atomic E-state index is 0.901. The lowest BCUT2D eigenvalue weighted by Crippen LogP contribution is -1.91. The highest BCUT2D eigenvalue weighted by Gasteiger charge is 2.19. The predicted octanol–water partition coefficient (Wildman–Crippen LogP) is 13.9. The average Bonchev–Trinajstić information content (AvgIpc) is 3.75. The van der Waals surface area contributed by atoms with Gasteiger partial charge in [0.25, 0.3) is 0 Å². The van der Waals surface area contributed by atoms with E-state index in [0.717, 1.165) is 55.2 Å². The van der Waals surface area contributed by atoms with Gasteiger partial charge in [-0.3, -0.25) is 0 Å². The maximum Gasteiger partial charge on any atom is 0.143 e. The third-order valence-electron chi connectivity index (χ3n) is 10.4. The van der Waals surface area contributed by atoms with Crippen molar-refractivity contribution in [1.82, 2.24) is 0 Å². The fraction of sp³-hybridized carbons (Fsp3) is 0. The van der Waals surface area contributed by atoms with E-state index in [4.69, 9.17) is 8.83 Å². The molecule has 0 aliphatic heterocycles. The number of para-hydroxylation sites is 2. The van der Waals surface area contributed by atoms with Crippen molar-refractivity contribution in [3.05, 3.63) is 170 Å². The molecule has 0 saturated carbocycles. The van der Waals surface area contributed by atoms with Crippen LogP contribution in [-0.2, 0) is 0 Å². The van der Waals surface area contributed by atoms with Gasteiger partial charge in [-0.05, 0) is 90.5 Å². The lowest BCUT2D eigenvalue weighted by Gasteiger charge is -2.18. The molecule has 0 bridgehead atoms. The fourth-order valence-electron chi connectivity index (χ4n) is 8.27. The van der Waals surface area contributed by atoms with Crippen LogP contribution in [0, 0.1) is 0 Å². The van der Waals surface area contributed by atoms with E-state index in [1.54, 1.807) is 0 Å². The Balaban J connectivity index is 1.14. The summed E-state index contributed by atoms with van der Waals surface area (Å²) in [7, 11) is 0. The van der Waals surface area contributed by atoms with Gasteiger partial charge in [-0.25, -0.2) is 0 Å². The van der Waals surface area contributed by atoms with Crippen LogP contribution < -0.4 is 0 Å². The largest absolute Gasteiger partial charge is 0.456 e. The van der Waals surface area contributed by atoms with Gasteiger partial charge in [0.05, 0.1) is 0 Å². The number of furan rings is 2.